The highest BCUT2D eigenvalue weighted by molar-refractivity contribution is 5.85. The predicted octanol–water partition coefficient (Wildman–Crippen LogP) is 2.86. The van der Waals surface area contributed by atoms with Gasteiger partial charge >= 0.3 is 0 Å². The predicted molar refractivity (Wildman–Crippen MR) is 98.2 cm³/mol. The Bertz CT molecular complexity index is 511. The Hall–Kier alpha value is -1.10. The molecule has 1 N–H and O–H groups in total. The standard InChI is InChI=1S/C19H28N2O2.ClH/c1-15-11-18(7-9-20-15)19(22)21-10-8-17(12-21)14-23-13-16-5-3-2-4-6-16;/h2-6,15,17-18,20H,7-14H2,1H3;1H/t15-,17?,18-;/m0./s1. The number of hydrogen-bond acceptors (Lipinski definition) is 3. The molecular weight excluding hydrogens is 324 g/mol. The van der Waals surface area contributed by atoms with Crippen LogP contribution in [0.5, 0.6) is 0 Å². The maximum absolute atomic E-state index is 12.6. The van der Waals surface area contributed by atoms with E-state index < -0.39 is 0 Å². The number of piperidine rings is 1. The summed E-state index contributed by atoms with van der Waals surface area (Å²) in [5.41, 5.74) is 1.21. The van der Waals surface area contributed by atoms with Crippen LogP contribution in [0.15, 0.2) is 30.3 Å². The number of rotatable bonds is 5. The first kappa shape index (κ1) is 19.2. The molecule has 1 amide bonds. The molecule has 1 aromatic carbocycles. The Balaban J connectivity index is 0.00000208. The van der Waals surface area contributed by atoms with E-state index in [1.54, 1.807) is 0 Å². The minimum absolute atomic E-state index is 0. The number of carbonyl (C=O) groups excluding carboxylic acids is 1. The van der Waals surface area contributed by atoms with Gasteiger partial charge in [-0.3, -0.25) is 4.79 Å². The molecule has 5 heteroatoms. The fourth-order valence-corrected chi connectivity index (χ4v) is 3.70. The van der Waals surface area contributed by atoms with Gasteiger partial charge in [-0.25, -0.2) is 0 Å². The SMILES string of the molecule is C[C@H]1C[C@@H](C(=O)N2CCC(COCc3ccccc3)C2)CCN1.Cl. The van der Waals surface area contributed by atoms with Gasteiger partial charge in [0.05, 0.1) is 13.2 Å². The van der Waals surface area contributed by atoms with Crippen LogP contribution in [0.2, 0.25) is 0 Å². The normalized spacial score (nSPS) is 26.9. The summed E-state index contributed by atoms with van der Waals surface area (Å²) >= 11 is 0. The highest BCUT2D eigenvalue weighted by atomic mass is 35.5. The number of benzene rings is 1. The second kappa shape index (κ2) is 9.40. The van der Waals surface area contributed by atoms with E-state index in [9.17, 15) is 4.79 Å². The number of nitrogens with zero attached hydrogens (tertiary/aromatic N) is 1. The number of ether oxygens (including phenoxy) is 1. The van der Waals surface area contributed by atoms with Crippen LogP contribution >= 0.6 is 12.4 Å². The third-order valence-electron chi connectivity index (χ3n) is 5.04. The van der Waals surface area contributed by atoms with Crippen LogP contribution in [-0.4, -0.2) is 43.1 Å². The van der Waals surface area contributed by atoms with E-state index in [1.165, 1.54) is 5.56 Å². The topological polar surface area (TPSA) is 41.6 Å². The molecule has 0 aromatic heterocycles. The van der Waals surface area contributed by atoms with Gasteiger partial charge < -0.3 is 15.0 Å². The fourth-order valence-electron chi connectivity index (χ4n) is 3.70. The van der Waals surface area contributed by atoms with Crippen LogP contribution in [0.4, 0.5) is 0 Å². The molecule has 2 heterocycles. The lowest BCUT2D eigenvalue weighted by molar-refractivity contribution is -0.135. The lowest BCUT2D eigenvalue weighted by Gasteiger charge is -2.30. The van der Waals surface area contributed by atoms with Crippen molar-refractivity contribution in [3.05, 3.63) is 35.9 Å². The zero-order valence-electron chi connectivity index (χ0n) is 14.4. The van der Waals surface area contributed by atoms with Gasteiger partial charge in [0.2, 0.25) is 5.91 Å². The van der Waals surface area contributed by atoms with Gasteiger partial charge in [0.25, 0.3) is 0 Å². The summed E-state index contributed by atoms with van der Waals surface area (Å²) in [5.74, 6) is 1.07. The van der Waals surface area contributed by atoms with E-state index in [4.69, 9.17) is 4.74 Å². The summed E-state index contributed by atoms with van der Waals surface area (Å²) in [6.07, 6.45) is 3.03. The average molecular weight is 353 g/mol. The van der Waals surface area contributed by atoms with Crippen molar-refractivity contribution in [2.45, 2.75) is 38.8 Å². The fraction of sp³-hybridized carbons (Fsp3) is 0.632. The number of hydrogen-bond donors (Lipinski definition) is 1. The van der Waals surface area contributed by atoms with Gasteiger partial charge in [0.15, 0.2) is 0 Å². The van der Waals surface area contributed by atoms with Crippen LogP contribution in [-0.2, 0) is 16.1 Å². The van der Waals surface area contributed by atoms with E-state index in [2.05, 4.69) is 29.3 Å². The van der Waals surface area contributed by atoms with Crippen molar-refractivity contribution in [3.8, 4) is 0 Å². The van der Waals surface area contributed by atoms with Gasteiger partial charge in [0, 0.05) is 31.0 Å². The van der Waals surface area contributed by atoms with Crippen molar-refractivity contribution in [2.75, 3.05) is 26.2 Å². The van der Waals surface area contributed by atoms with E-state index in [1.807, 2.05) is 18.2 Å². The van der Waals surface area contributed by atoms with E-state index in [0.717, 1.165) is 45.5 Å². The Kier molecular flexibility index (Phi) is 7.53. The van der Waals surface area contributed by atoms with Crippen molar-refractivity contribution in [1.29, 1.82) is 0 Å². The molecule has 0 radical (unpaired) electrons. The van der Waals surface area contributed by atoms with E-state index >= 15 is 0 Å². The zero-order chi connectivity index (χ0) is 16.1. The molecule has 134 valence electrons. The van der Waals surface area contributed by atoms with Crippen molar-refractivity contribution in [2.24, 2.45) is 11.8 Å². The molecule has 1 aromatic rings. The highest BCUT2D eigenvalue weighted by Gasteiger charge is 2.32. The minimum atomic E-state index is 0. The summed E-state index contributed by atoms with van der Waals surface area (Å²) in [6.45, 7) is 6.32. The summed E-state index contributed by atoms with van der Waals surface area (Å²) in [6, 6.07) is 10.7. The lowest BCUT2D eigenvalue weighted by atomic mass is 9.92. The molecule has 24 heavy (non-hydrogen) atoms. The van der Waals surface area contributed by atoms with Crippen LogP contribution < -0.4 is 5.32 Å². The van der Waals surface area contributed by atoms with Crippen molar-refractivity contribution in [1.82, 2.24) is 10.2 Å². The molecule has 0 spiro atoms. The number of likely N-dealkylation sites (tertiary alicyclic amines) is 1. The molecular formula is C19H29ClN2O2. The first-order valence-electron chi connectivity index (χ1n) is 8.86. The molecule has 0 bridgehead atoms. The quantitative estimate of drug-likeness (QED) is 0.886. The maximum atomic E-state index is 12.6. The van der Waals surface area contributed by atoms with Crippen LogP contribution in [0.3, 0.4) is 0 Å². The Morgan fingerprint density at radius 3 is 2.83 bits per heavy atom. The monoisotopic (exact) mass is 352 g/mol. The second-order valence-corrected chi connectivity index (χ2v) is 7.02. The Morgan fingerprint density at radius 1 is 1.29 bits per heavy atom. The summed E-state index contributed by atoms with van der Waals surface area (Å²) in [4.78, 5) is 14.7. The third kappa shape index (κ3) is 5.20. The van der Waals surface area contributed by atoms with Crippen molar-refractivity contribution >= 4 is 18.3 Å². The largest absolute Gasteiger partial charge is 0.376 e. The first-order valence-corrected chi connectivity index (χ1v) is 8.86. The molecule has 0 aliphatic carbocycles. The molecule has 3 atom stereocenters. The van der Waals surface area contributed by atoms with Gasteiger partial charge in [-0.15, -0.1) is 12.4 Å². The van der Waals surface area contributed by atoms with Crippen LogP contribution in [0, 0.1) is 11.8 Å². The average Bonchev–Trinajstić information content (AvgIpc) is 3.04. The third-order valence-corrected chi connectivity index (χ3v) is 5.04. The molecule has 2 fully saturated rings. The minimum Gasteiger partial charge on any atom is -0.376 e. The van der Waals surface area contributed by atoms with Gasteiger partial charge in [-0.2, -0.15) is 0 Å². The molecule has 4 nitrogen and oxygen atoms in total. The smallest absolute Gasteiger partial charge is 0.225 e. The summed E-state index contributed by atoms with van der Waals surface area (Å²) < 4.78 is 5.85. The molecule has 2 aliphatic rings. The summed E-state index contributed by atoms with van der Waals surface area (Å²) in [5, 5.41) is 3.42. The highest BCUT2D eigenvalue weighted by Crippen LogP contribution is 2.24. The van der Waals surface area contributed by atoms with Gasteiger partial charge in [0.1, 0.15) is 0 Å². The molecule has 2 aliphatic heterocycles. The maximum Gasteiger partial charge on any atom is 0.225 e. The van der Waals surface area contributed by atoms with E-state index in [0.29, 0.717) is 24.5 Å². The number of amides is 1. The lowest BCUT2D eigenvalue weighted by Crippen LogP contribution is -2.43. The van der Waals surface area contributed by atoms with Gasteiger partial charge in [-0.05, 0) is 38.3 Å². The van der Waals surface area contributed by atoms with Crippen LogP contribution in [0.1, 0.15) is 31.7 Å². The second-order valence-electron chi connectivity index (χ2n) is 7.02. The molecule has 2 saturated heterocycles. The Labute approximate surface area is 151 Å². The molecule has 0 saturated carbocycles. The summed E-state index contributed by atoms with van der Waals surface area (Å²) in [7, 11) is 0. The van der Waals surface area contributed by atoms with Gasteiger partial charge in [-0.1, -0.05) is 30.3 Å². The van der Waals surface area contributed by atoms with Crippen molar-refractivity contribution in [3.63, 3.8) is 0 Å². The molecule has 3 rings (SSSR count). The number of carbonyl (C=O) groups is 1. The Morgan fingerprint density at radius 2 is 2.08 bits per heavy atom. The van der Waals surface area contributed by atoms with E-state index in [-0.39, 0.29) is 18.3 Å². The van der Waals surface area contributed by atoms with Crippen LogP contribution in [0.25, 0.3) is 0 Å². The number of halogens is 1. The first-order chi connectivity index (χ1) is 11.2. The number of nitrogens with one attached hydrogen (secondary N) is 1. The molecule has 1 unspecified atom stereocenters. The van der Waals surface area contributed by atoms with Crippen molar-refractivity contribution < 1.29 is 9.53 Å². The zero-order valence-corrected chi connectivity index (χ0v) is 15.3.